The topological polar surface area (TPSA) is 81.5 Å². The zero-order valence-electron chi connectivity index (χ0n) is 14.3. The van der Waals surface area contributed by atoms with Gasteiger partial charge in [0.25, 0.3) is 5.56 Å². The van der Waals surface area contributed by atoms with Crippen LogP contribution in [0, 0.1) is 6.92 Å². The number of sulfonamides is 1. The summed E-state index contributed by atoms with van der Waals surface area (Å²) < 4.78 is 34.1. The highest BCUT2D eigenvalue weighted by molar-refractivity contribution is 7.89. The number of hydrogen-bond acceptors (Lipinski definition) is 5. The van der Waals surface area contributed by atoms with Crippen LogP contribution in [0.4, 0.5) is 0 Å². The minimum Gasteiger partial charge on any atom is -0.490 e. The first kappa shape index (κ1) is 17.6. The normalized spacial score (nSPS) is 16.7. The fourth-order valence-corrected chi connectivity index (χ4v) is 4.27. The van der Waals surface area contributed by atoms with E-state index in [4.69, 9.17) is 4.74 Å². The van der Waals surface area contributed by atoms with Crippen molar-refractivity contribution in [3.05, 3.63) is 52.7 Å². The van der Waals surface area contributed by atoms with E-state index in [-0.39, 0.29) is 16.6 Å². The Hall–Kier alpha value is -2.19. The Morgan fingerprint density at radius 1 is 1.24 bits per heavy atom. The molecule has 2 aromatic rings. The monoisotopic (exact) mass is 363 g/mol. The lowest BCUT2D eigenvalue weighted by atomic mass is 10.1. The van der Waals surface area contributed by atoms with Gasteiger partial charge in [0.1, 0.15) is 16.7 Å². The minimum absolute atomic E-state index is 0.105. The molecule has 0 aliphatic carbocycles. The van der Waals surface area contributed by atoms with E-state index in [0.29, 0.717) is 31.7 Å². The summed E-state index contributed by atoms with van der Waals surface area (Å²) in [6, 6.07) is 6.44. The molecule has 134 valence electrons. The average Bonchev–Trinajstić information content (AvgIpc) is 2.61. The summed E-state index contributed by atoms with van der Waals surface area (Å²) in [7, 11) is -1.80. The molecule has 1 fully saturated rings. The first-order chi connectivity index (χ1) is 11.9. The predicted octanol–water partition coefficient (Wildman–Crippen LogP) is 1.32. The lowest BCUT2D eigenvalue weighted by molar-refractivity contribution is 0.134. The maximum Gasteiger partial charge on any atom is 0.254 e. The third-order valence-corrected chi connectivity index (χ3v) is 6.33. The summed E-state index contributed by atoms with van der Waals surface area (Å²) in [5, 5.41) is 0. The molecule has 8 heteroatoms. The van der Waals surface area contributed by atoms with Crippen LogP contribution in [0.25, 0.3) is 0 Å². The second-order valence-electron chi connectivity index (χ2n) is 6.14. The minimum atomic E-state index is -3.52. The zero-order chi connectivity index (χ0) is 18.0. The van der Waals surface area contributed by atoms with Gasteiger partial charge < -0.3 is 9.30 Å². The highest BCUT2D eigenvalue weighted by atomic mass is 32.2. The molecule has 0 amide bonds. The van der Waals surface area contributed by atoms with Gasteiger partial charge in [-0.05, 0) is 38.0 Å². The first-order valence-electron chi connectivity index (χ1n) is 8.12. The van der Waals surface area contributed by atoms with Gasteiger partial charge in [0.05, 0.1) is 0 Å². The van der Waals surface area contributed by atoms with E-state index in [1.54, 1.807) is 29.9 Å². The fourth-order valence-electron chi connectivity index (χ4n) is 2.84. The van der Waals surface area contributed by atoms with E-state index in [9.17, 15) is 13.2 Å². The first-order valence-corrected chi connectivity index (χ1v) is 9.56. The van der Waals surface area contributed by atoms with Gasteiger partial charge in [0.15, 0.2) is 0 Å². The number of pyridine rings is 2. The van der Waals surface area contributed by atoms with Gasteiger partial charge in [0.2, 0.25) is 10.0 Å². The molecular formula is C17H21N3O4S. The van der Waals surface area contributed by atoms with Gasteiger partial charge >= 0.3 is 0 Å². The van der Waals surface area contributed by atoms with E-state index in [0.717, 1.165) is 5.69 Å². The van der Waals surface area contributed by atoms with Crippen LogP contribution in [0.5, 0.6) is 5.75 Å². The number of rotatable bonds is 4. The molecule has 0 bridgehead atoms. The van der Waals surface area contributed by atoms with E-state index in [2.05, 4.69) is 4.98 Å². The maximum atomic E-state index is 12.6. The highest BCUT2D eigenvalue weighted by Gasteiger charge is 2.30. The fraction of sp³-hybridized carbons (Fsp3) is 0.412. The van der Waals surface area contributed by atoms with E-state index in [1.807, 2.05) is 13.0 Å². The van der Waals surface area contributed by atoms with Crippen LogP contribution < -0.4 is 10.3 Å². The van der Waals surface area contributed by atoms with Crippen LogP contribution in [0.2, 0.25) is 0 Å². The number of ether oxygens (including phenoxy) is 1. The molecule has 3 rings (SSSR count). The van der Waals surface area contributed by atoms with Gasteiger partial charge in [-0.1, -0.05) is 0 Å². The van der Waals surface area contributed by atoms with Crippen molar-refractivity contribution in [3.8, 4) is 5.75 Å². The molecule has 0 aromatic carbocycles. The molecule has 0 N–H and O–H groups in total. The number of aryl methyl sites for hydroxylation is 1. The summed E-state index contributed by atoms with van der Waals surface area (Å²) in [4.78, 5) is 15.9. The quantitative estimate of drug-likeness (QED) is 0.818. The molecule has 1 saturated heterocycles. The Bertz CT molecular complexity index is 901. The SMILES string of the molecule is Cc1cc(OC2CCN(S(=O)(=O)c3cccnc3)CC2)cc(=O)n1C. The van der Waals surface area contributed by atoms with Crippen molar-refractivity contribution in [1.82, 2.24) is 13.9 Å². The molecule has 0 unspecified atom stereocenters. The number of hydrogen-bond donors (Lipinski definition) is 0. The van der Waals surface area contributed by atoms with Crippen LogP contribution in [-0.2, 0) is 17.1 Å². The van der Waals surface area contributed by atoms with Crippen LogP contribution in [0.15, 0.2) is 46.3 Å². The molecular weight excluding hydrogens is 342 g/mol. The molecule has 3 heterocycles. The molecule has 7 nitrogen and oxygen atoms in total. The van der Waals surface area contributed by atoms with Crippen molar-refractivity contribution >= 4 is 10.0 Å². The third-order valence-electron chi connectivity index (χ3n) is 4.45. The van der Waals surface area contributed by atoms with Gasteiger partial charge in [0, 0.05) is 44.3 Å². The predicted molar refractivity (Wildman–Crippen MR) is 93.1 cm³/mol. The van der Waals surface area contributed by atoms with Gasteiger partial charge in [-0.25, -0.2) is 8.42 Å². The largest absolute Gasteiger partial charge is 0.490 e. The number of nitrogens with zero attached hydrogens (tertiary/aromatic N) is 3. The van der Waals surface area contributed by atoms with Crippen molar-refractivity contribution in [2.45, 2.75) is 30.8 Å². The molecule has 2 aromatic heterocycles. The Balaban J connectivity index is 1.65. The van der Waals surface area contributed by atoms with Gasteiger partial charge in [-0.2, -0.15) is 4.31 Å². The van der Waals surface area contributed by atoms with E-state index >= 15 is 0 Å². The Morgan fingerprint density at radius 3 is 2.56 bits per heavy atom. The summed E-state index contributed by atoms with van der Waals surface area (Å²) in [5.74, 6) is 0.536. The Labute approximate surface area is 146 Å². The van der Waals surface area contributed by atoms with Crippen molar-refractivity contribution in [2.75, 3.05) is 13.1 Å². The van der Waals surface area contributed by atoms with Crippen LogP contribution in [0.3, 0.4) is 0 Å². The lowest BCUT2D eigenvalue weighted by Crippen LogP contribution is -2.41. The lowest BCUT2D eigenvalue weighted by Gasteiger charge is -2.31. The van der Waals surface area contributed by atoms with Crippen LogP contribution in [-0.4, -0.2) is 41.5 Å². The van der Waals surface area contributed by atoms with Crippen LogP contribution in [0.1, 0.15) is 18.5 Å². The molecule has 1 aliphatic rings. The Morgan fingerprint density at radius 2 is 1.96 bits per heavy atom. The molecule has 0 radical (unpaired) electrons. The average molecular weight is 363 g/mol. The van der Waals surface area contributed by atoms with E-state index < -0.39 is 10.0 Å². The third kappa shape index (κ3) is 3.74. The van der Waals surface area contributed by atoms with Crippen molar-refractivity contribution in [1.29, 1.82) is 0 Å². The standard InChI is InChI=1S/C17H21N3O4S/c1-13-10-15(11-17(21)19(13)2)24-14-5-8-20(9-6-14)25(22,23)16-4-3-7-18-12-16/h3-4,7,10-12,14H,5-6,8-9H2,1-2H3. The summed E-state index contributed by atoms with van der Waals surface area (Å²) >= 11 is 0. The van der Waals surface area contributed by atoms with E-state index in [1.165, 1.54) is 16.6 Å². The molecule has 0 atom stereocenters. The Kier molecular flexibility index (Phi) is 4.91. The summed E-state index contributed by atoms with van der Waals surface area (Å²) in [6.07, 6.45) is 3.96. The molecule has 0 saturated carbocycles. The number of aromatic nitrogens is 2. The maximum absolute atomic E-state index is 12.6. The van der Waals surface area contributed by atoms with Gasteiger partial charge in [-0.3, -0.25) is 9.78 Å². The summed E-state index contributed by atoms with van der Waals surface area (Å²) in [6.45, 7) is 2.61. The second kappa shape index (κ2) is 6.97. The van der Waals surface area contributed by atoms with Crippen molar-refractivity contribution < 1.29 is 13.2 Å². The van der Waals surface area contributed by atoms with Gasteiger partial charge in [-0.15, -0.1) is 0 Å². The molecule has 25 heavy (non-hydrogen) atoms. The highest BCUT2D eigenvalue weighted by Crippen LogP contribution is 2.23. The van der Waals surface area contributed by atoms with Crippen LogP contribution >= 0.6 is 0 Å². The zero-order valence-corrected chi connectivity index (χ0v) is 15.1. The van der Waals surface area contributed by atoms with Crippen molar-refractivity contribution in [2.24, 2.45) is 7.05 Å². The second-order valence-corrected chi connectivity index (χ2v) is 8.08. The van der Waals surface area contributed by atoms with Crippen molar-refractivity contribution in [3.63, 3.8) is 0 Å². The smallest absolute Gasteiger partial charge is 0.254 e. The molecule has 1 aliphatic heterocycles. The molecule has 0 spiro atoms. The summed E-state index contributed by atoms with van der Waals surface area (Å²) in [5.41, 5.74) is 0.700. The number of piperidine rings is 1.